The molecule has 0 amide bonds. The molecule has 1 heterocycles. The third kappa shape index (κ3) is 5.05. The third-order valence-electron chi connectivity index (χ3n) is 3.79. The number of benzene rings is 2. The average molecular weight is 481 g/mol. The lowest BCUT2D eigenvalue weighted by molar-refractivity contribution is 0.0526. The molecule has 0 aliphatic carbocycles. The standard InChI is InChI=1S/C19H17BrN2O4S2/c1-2-26-19(23)15-9-16(20)11-17(10-15)28(24,25)22-12-13-3-5-14(6-4-13)18-21-7-8-27-18/h3-11,22H,2,12H2,1H3. The van der Waals surface area contributed by atoms with Crippen LogP contribution in [0.3, 0.4) is 0 Å². The van der Waals surface area contributed by atoms with Gasteiger partial charge in [-0.15, -0.1) is 11.3 Å². The number of thiazole rings is 1. The number of hydrogen-bond acceptors (Lipinski definition) is 6. The molecule has 9 heteroatoms. The van der Waals surface area contributed by atoms with Crippen LogP contribution in [0.4, 0.5) is 0 Å². The first-order chi connectivity index (χ1) is 13.4. The van der Waals surface area contributed by atoms with Crippen molar-refractivity contribution >= 4 is 43.3 Å². The van der Waals surface area contributed by atoms with E-state index < -0.39 is 16.0 Å². The fraction of sp³-hybridized carbons (Fsp3) is 0.158. The van der Waals surface area contributed by atoms with E-state index in [1.165, 1.54) is 18.2 Å². The first-order valence-electron chi connectivity index (χ1n) is 8.35. The summed E-state index contributed by atoms with van der Waals surface area (Å²) in [5.74, 6) is -0.571. The maximum absolute atomic E-state index is 12.7. The third-order valence-corrected chi connectivity index (χ3v) is 6.45. The van der Waals surface area contributed by atoms with Gasteiger partial charge in [0.05, 0.1) is 17.1 Å². The lowest BCUT2D eigenvalue weighted by atomic mass is 10.1. The fourth-order valence-corrected chi connectivity index (χ4v) is 4.82. The predicted octanol–water partition coefficient (Wildman–Crippen LogP) is 4.23. The highest BCUT2D eigenvalue weighted by Gasteiger charge is 2.18. The summed E-state index contributed by atoms with van der Waals surface area (Å²) >= 11 is 4.78. The maximum atomic E-state index is 12.7. The highest BCUT2D eigenvalue weighted by atomic mass is 79.9. The first kappa shape index (κ1) is 20.7. The molecule has 0 spiro atoms. The largest absolute Gasteiger partial charge is 0.462 e. The van der Waals surface area contributed by atoms with Gasteiger partial charge in [-0.3, -0.25) is 0 Å². The molecule has 6 nitrogen and oxygen atoms in total. The molecule has 146 valence electrons. The van der Waals surface area contributed by atoms with Gasteiger partial charge in [0.2, 0.25) is 10.0 Å². The van der Waals surface area contributed by atoms with Gasteiger partial charge in [-0.1, -0.05) is 40.2 Å². The smallest absolute Gasteiger partial charge is 0.338 e. The molecular weight excluding hydrogens is 464 g/mol. The van der Waals surface area contributed by atoms with Crippen LogP contribution in [0.1, 0.15) is 22.8 Å². The molecule has 0 radical (unpaired) electrons. The molecule has 0 bridgehead atoms. The average Bonchev–Trinajstić information content (AvgIpc) is 3.21. The summed E-state index contributed by atoms with van der Waals surface area (Å²) in [7, 11) is -3.80. The quantitative estimate of drug-likeness (QED) is 0.511. The number of hydrogen-bond donors (Lipinski definition) is 1. The molecule has 0 atom stereocenters. The van der Waals surface area contributed by atoms with Crippen molar-refractivity contribution in [1.29, 1.82) is 0 Å². The summed E-state index contributed by atoms with van der Waals surface area (Å²) in [6, 6.07) is 11.8. The molecule has 28 heavy (non-hydrogen) atoms. The van der Waals surface area contributed by atoms with E-state index in [0.29, 0.717) is 4.47 Å². The summed E-state index contributed by atoms with van der Waals surface area (Å²) in [5.41, 5.74) is 1.96. The van der Waals surface area contributed by atoms with Crippen molar-refractivity contribution < 1.29 is 17.9 Å². The van der Waals surface area contributed by atoms with E-state index in [0.717, 1.165) is 16.1 Å². The summed E-state index contributed by atoms with van der Waals surface area (Å²) in [6.45, 7) is 2.03. The molecule has 3 rings (SSSR count). The van der Waals surface area contributed by atoms with Crippen molar-refractivity contribution in [3.05, 3.63) is 69.6 Å². The number of sulfonamides is 1. The van der Waals surface area contributed by atoms with Crippen LogP contribution in [0, 0.1) is 0 Å². The summed E-state index contributed by atoms with van der Waals surface area (Å²) < 4.78 is 33.3. The summed E-state index contributed by atoms with van der Waals surface area (Å²) in [5, 5.41) is 2.81. The molecule has 0 saturated carbocycles. The van der Waals surface area contributed by atoms with Crippen molar-refractivity contribution in [3.63, 3.8) is 0 Å². The first-order valence-corrected chi connectivity index (χ1v) is 11.5. The van der Waals surface area contributed by atoms with Gasteiger partial charge in [-0.2, -0.15) is 0 Å². The Morgan fingerprint density at radius 2 is 1.96 bits per heavy atom. The zero-order valence-corrected chi connectivity index (χ0v) is 18.1. The Bertz CT molecular complexity index is 1070. The maximum Gasteiger partial charge on any atom is 0.338 e. The zero-order valence-electron chi connectivity index (χ0n) is 14.9. The number of carbonyl (C=O) groups excluding carboxylic acids is 1. The molecule has 0 fully saturated rings. The Hall–Kier alpha value is -2.07. The molecule has 0 aliphatic heterocycles. The number of carbonyl (C=O) groups is 1. The van der Waals surface area contributed by atoms with Crippen molar-refractivity contribution in [2.75, 3.05) is 6.61 Å². The van der Waals surface area contributed by atoms with Crippen LogP contribution in [0.15, 0.2) is 63.4 Å². The molecule has 0 aliphatic rings. The van der Waals surface area contributed by atoms with E-state index in [9.17, 15) is 13.2 Å². The molecule has 2 aromatic carbocycles. The molecule has 3 aromatic rings. The SMILES string of the molecule is CCOC(=O)c1cc(Br)cc(S(=O)(=O)NCc2ccc(-c3nccs3)cc2)c1. The number of aromatic nitrogens is 1. The Balaban J connectivity index is 1.74. The van der Waals surface area contributed by atoms with Crippen LogP contribution in [0.5, 0.6) is 0 Å². The van der Waals surface area contributed by atoms with Gasteiger partial charge in [0.15, 0.2) is 0 Å². The second-order valence-electron chi connectivity index (χ2n) is 5.75. The van der Waals surface area contributed by atoms with Gasteiger partial charge in [0.25, 0.3) is 0 Å². The minimum atomic E-state index is -3.80. The van der Waals surface area contributed by atoms with Gasteiger partial charge >= 0.3 is 5.97 Å². The fourth-order valence-electron chi connectivity index (χ4n) is 2.44. The molecule has 1 N–H and O–H groups in total. The van der Waals surface area contributed by atoms with Gasteiger partial charge in [-0.25, -0.2) is 22.9 Å². The highest BCUT2D eigenvalue weighted by Crippen LogP contribution is 2.23. The second kappa shape index (κ2) is 8.95. The minimum absolute atomic E-state index is 0.00988. The molecule has 0 saturated heterocycles. The van der Waals surface area contributed by atoms with Crippen molar-refractivity contribution in [2.45, 2.75) is 18.4 Å². The van der Waals surface area contributed by atoms with Crippen LogP contribution >= 0.6 is 27.3 Å². The van der Waals surface area contributed by atoms with E-state index in [2.05, 4.69) is 25.6 Å². The Morgan fingerprint density at radius 1 is 1.21 bits per heavy atom. The Kier molecular flexibility index (Phi) is 6.61. The van der Waals surface area contributed by atoms with Gasteiger partial charge in [-0.05, 0) is 30.7 Å². The number of esters is 1. The number of nitrogens with one attached hydrogen (secondary N) is 1. The highest BCUT2D eigenvalue weighted by molar-refractivity contribution is 9.10. The van der Waals surface area contributed by atoms with E-state index >= 15 is 0 Å². The second-order valence-corrected chi connectivity index (χ2v) is 9.33. The summed E-state index contributed by atoms with van der Waals surface area (Å²) in [4.78, 5) is 16.2. The monoisotopic (exact) mass is 480 g/mol. The van der Waals surface area contributed by atoms with Crippen molar-refractivity contribution in [2.24, 2.45) is 0 Å². The Morgan fingerprint density at radius 3 is 2.61 bits per heavy atom. The van der Waals surface area contributed by atoms with E-state index in [1.807, 2.05) is 29.6 Å². The van der Waals surface area contributed by atoms with Gasteiger partial charge < -0.3 is 4.74 Å². The van der Waals surface area contributed by atoms with Crippen LogP contribution < -0.4 is 4.72 Å². The molecule has 0 unspecified atom stereocenters. The van der Waals surface area contributed by atoms with E-state index in [1.54, 1.807) is 24.5 Å². The zero-order chi connectivity index (χ0) is 20.1. The molecular formula is C19H17BrN2O4S2. The van der Waals surface area contributed by atoms with Crippen molar-refractivity contribution in [3.8, 4) is 10.6 Å². The number of ether oxygens (including phenoxy) is 1. The lowest BCUT2D eigenvalue weighted by Crippen LogP contribution is -2.23. The van der Waals surface area contributed by atoms with Crippen LogP contribution in [0.25, 0.3) is 10.6 Å². The minimum Gasteiger partial charge on any atom is -0.462 e. The van der Waals surface area contributed by atoms with Crippen LogP contribution in [0.2, 0.25) is 0 Å². The predicted molar refractivity (Wildman–Crippen MR) is 112 cm³/mol. The topological polar surface area (TPSA) is 85.4 Å². The van der Waals surface area contributed by atoms with Gasteiger partial charge in [0.1, 0.15) is 5.01 Å². The van der Waals surface area contributed by atoms with E-state index in [4.69, 9.17) is 4.74 Å². The normalized spacial score (nSPS) is 11.4. The summed E-state index contributed by atoms with van der Waals surface area (Å²) in [6.07, 6.45) is 1.74. The van der Waals surface area contributed by atoms with Crippen LogP contribution in [-0.4, -0.2) is 26.0 Å². The van der Waals surface area contributed by atoms with E-state index in [-0.39, 0.29) is 23.6 Å². The van der Waals surface area contributed by atoms with Crippen LogP contribution in [-0.2, 0) is 21.3 Å². The lowest BCUT2D eigenvalue weighted by Gasteiger charge is -2.10. The van der Waals surface area contributed by atoms with Gasteiger partial charge in [0, 0.05) is 28.2 Å². The Labute approximate surface area is 175 Å². The number of nitrogens with zero attached hydrogens (tertiary/aromatic N) is 1. The molecule has 1 aromatic heterocycles. The number of halogens is 1. The van der Waals surface area contributed by atoms with Crippen molar-refractivity contribution in [1.82, 2.24) is 9.71 Å². The number of rotatable bonds is 7.